The number of benzene rings is 2. The molecule has 0 bridgehead atoms. The molecule has 0 unspecified atom stereocenters. The van der Waals surface area contributed by atoms with Crippen LogP contribution in [0.15, 0.2) is 47.0 Å². The molecule has 34 heavy (non-hydrogen) atoms. The van der Waals surface area contributed by atoms with Crippen LogP contribution in [0.4, 0.5) is 27.6 Å². The summed E-state index contributed by atoms with van der Waals surface area (Å²) < 4.78 is 78.8. The van der Waals surface area contributed by atoms with Gasteiger partial charge in [0.05, 0.1) is 19.2 Å². The van der Waals surface area contributed by atoms with Gasteiger partial charge in [0, 0.05) is 37.4 Å². The molecule has 1 aliphatic rings. The van der Waals surface area contributed by atoms with E-state index in [1.165, 1.54) is 31.4 Å². The molecule has 4 rings (SSSR count). The van der Waals surface area contributed by atoms with Gasteiger partial charge in [-0.25, -0.2) is 0 Å². The molecule has 3 aromatic rings. The van der Waals surface area contributed by atoms with Crippen molar-refractivity contribution in [1.29, 1.82) is 0 Å². The van der Waals surface area contributed by atoms with Gasteiger partial charge in [-0.2, -0.15) is 26.9 Å². The molecular formula is C22H21F5N4O3. The number of alkyl halides is 5. The van der Waals surface area contributed by atoms with E-state index in [1.807, 2.05) is 4.90 Å². The Balaban J connectivity index is 1.37. The van der Waals surface area contributed by atoms with Crippen LogP contribution in [0.25, 0.3) is 11.4 Å². The second-order valence-corrected chi connectivity index (χ2v) is 7.57. The molecule has 2 aromatic carbocycles. The van der Waals surface area contributed by atoms with Crippen LogP contribution in [0.5, 0.6) is 11.5 Å². The van der Waals surface area contributed by atoms with Gasteiger partial charge in [0.1, 0.15) is 0 Å². The summed E-state index contributed by atoms with van der Waals surface area (Å²) in [5.74, 6) is 0.618. The summed E-state index contributed by atoms with van der Waals surface area (Å²) >= 11 is 0. The molecule has 1 fully saturated rings. The Kier molecular flexibility index (Phi) is 6.87. The fourth-order valence-electron chi connectivity index (χ4n) is 3.67. The molecule has 2 heterocycles. The molecule has 0 radical (unpaired) electrons. The fourth-order valence-corrected chi connectivity index (χ4v) is 3.67. The summed E-state index contributed by atoms with van der Waals surface area (Å²) in [5, 5.41) is 3.94. The highest BCUT2D eigenvalue weighted by Crippen LogP contribution is 2.33. The predicted octanol–water partition coefficient (Wildman–Crippen LogP) is 4.69. The number of rotatable bonds is 7. The van der Waals surface area contributed by atoms with Crippen molar-refractivity contribution in [2.24, 2.45) is 0 Å². The number of methoxy groups -OCH3 is 1. The lowest BCUT2D eigenvalue weighted by molar-refractivity contribution is -0.137. The van der Waals surface area contributed by atoms with Gasteiger partial charge in [0.2, 0.25) is 11.7 Å². The summed E-state index contributed by atoms with van der Waals surface area (Å²) in [7, 11) is 1.33. The highest BCUT2D eigenvalue weighted by Gasteiger charge is 2.31. The predicted molar refractivity (Wildman–Crippen MR) is 112 cm³/mol. The fraction of sp³-hybridized carbons (Fsp3) is 0.364. The van der Waals surface area contributed by atoms with Crippen LogP contribution in [0.1, 0.15) is 11.5 Å². The van der Waals surface area contributed by atoms with Gasteiger partial charge in [-0.15, -0.1) is 0 Å². The molecule has 7 nitrogen and oxygen atoms in total. The largest absolute Gasteiger partial charge is 0.493 e. The third kappa shape index (κ3) is 5.56. The topological polar surface area (TPSA) is 63.9 Å². The highest BCUT2D eigenvalue weighted by atomic mass is 19.4. The minimum atomic E-state index is -4.38. The third-order valence-corrected chi connectivity index (χ3v) is 5.38. The maximum Gasteiger partial charge on any atom is 0.416 e. The van der Waals surface area contributed by atoms with Crippen molar-refractivity contribution in [3.05, 3.63) is 53.9 Å². The molecule has 0 atom stereocenters. The number of anilines is 1. The highest BCUT2D eigenvalue weighted by molar-refractivity contribution is 5.60. The maximum absolute atomic E-state index is 13.0. The second kappa shape index (κ2) is 9.84. The molecule has 12 heteroatoms. The van der Waals surface area contributed by atoms with Crippen LogP contribution in [0.2, 0.25) is 0 Å². The van der Waals surface area contributed by atoms with Crippen molar-refractivity contribution >= 4 is 5.69 Å². The average Bonchev–Trinajstić information content (AvgIpc) is 3.27. The first-order valence-electron chi connectivity index (χ1n) is 10.3. The van der Waals surface area contributed by atoms with E-state index in [0.717, 1.165) is 12.1 Å². The smallest absolute Gasteiger partial charge is 0.416 e. The minimum absolute atomic E-state index is 0.106. The van der Waals surface area contributed by atoms with E-state index in [0.29, 0.717) is 49.9 Å². The van der Waals surface area contributed by atoms with E-state index in [9.17, 15) is 22.0 Å². The van der Waals surface area contributed by atoms with E-state index >= 15 is 0 Å². The van der Waals surface area contributed by atoms with Crippen molar-refractivity contribution in [1.82, 2.24) is 15.0 Å². The van der Waals surface area contributed by atoms with Crippen molar-refractivity contribution in [2.75, 3.05) is 38.2 Å². The van der Waals surface area contributed by atoms with Crippen LogP contribution in [0, 0.1) is 0 Å². The van der Waals surface area contributed by atoms with Crippen LogP contribution in [-0.4, -0.2) is 54.9 Å². The molecular weight excluding hydrogens is 463 g/mol. The number of piperazine rings is 1. The molecule has 0 N–H and O–H groups in total. The zero-order valence-electron chi connectivity index (χ0n) is 18.1. The van der Waals surface area contributed by atoms with Crippen LogP contribution < -0.4 is 14.4 Å². The first kappa shape index (κ1) is 23.7. The van der Waals surface area contributed by atoms with Crippen molar-refractivity contribution < 1.29 is 35.9 Å². The van der Waals surface area contributed by atoms with E-state index in [-0.39, 0.29) is 17.3 Å². The van der Waals surface area contributed by atoms with E-state index in [4.69, 9.17) is 9.26 Å². The third-order valence-electron chi connectivity index (χ3n) is 5.38. The summed E-state index contributed by atoms with van der Waals surface area (Å²) in [6.07, 6.45) is -4.38. The number of nitrogens with zero attached hydrogens (tertiary/aromatic N) is 4. The number of halogens is 5. The monoisotopic (exact) mass is 484 g/mol. The average molecular weight is 484 g/mol. The molecule has 0 amide bonds. The molecule has 1 saturated heterocycles. The van der Waals surface area contributed by atoms with Crippen molar-refractivity contribution in [3.63, 3.8) is 0 Å². The second-order valence-electron chi connectivity index (χ2n) is 7.57. The molecule has 0 saturated carbocycles. The summed E-state index contributed by atoms with van der Waals surface area (Å²) in [5.41, 5.74) is 0.363. The quantitative estimate of drug-likeness (QED) is 0.451. The molecule has 182 valence electrons. The van der Waals surface area contributed by atoms with E-state index in [1.54, 1.807) is 6.07 Å². The number of hydrogen-bond donors (Lipinski definition) is 0. The van der Waals surface area contributed by atoms with E-state index in [2.05, 4.69) is 19.8 Å². The lowest BCUT2D eigenvalue weighted by Gasteiger charge is -2.35. The van der Waals surface area contributed by atoms with Crippen LogP contribution in [0.3, 0.4) is 0 Å². The van der Waals surface area contributed by atoms with Gasteiger partial charge in [-0.1, -0.05) is 11.2 Å². The van der Waals surface area contributed by atoms with Gasteiger partial charge in [-0.3, -0.25) is 4.90 Å². The summed E-state index contributed by atoms with van der Waals surface area (Å²) in [6, 6.07) is 9.62. The zero-order valence-corrected chi connectivity index (χ0v) is 18.1. The first-order chi connectivity index (χ1) is 16.2. The molecule has 0 spiro atoms. The van der Waals surface area contributed by atoms with Gasteiger partial charge in [-0.05, 0) is 36.4 Å². The van der Waals surface area contributed by atoms with Crippen molar-refractivity contribution in [2.45, 2.75) is 19.3 Å². The molecule has 0 aliphatic carbocycles. The van der Waals surface area contributed by atoms with Crippen LogP contribution in [-0.2, 0) is 12.7 Å². The Morgan fingerprint density at radius 1 is 1.03 bits per heavy atom. The Morgan fingerprint density at radius 3 is 2.47 bits per heavy atom. The standard InChI is InChI=1S/C22H21F5N4O3/c1-32-18-11-14(5-6-17(18)33-21(23)24)20-28-19(34-29-20)13-30-7-9-31(10-8-30)16-4-2-3-15(12-16)22(25,26)27/h2-6,11-12,21H,7-10,13H2,1H3. The number of aromatic nitrogens is 2. The molecule has 1 aromatic heterocycles. The van der Waals surface area contributed by atoms with Crippen LogP contribution >= 0.6 is 0 Å². The minimum Gasteiger partial charge on any atom is -0.493 e. The lowest BCUT2D eigenvalue weighted by atomic mass is 10.1. The Hall–Kier alpha value is -3.41. The lowest BCUT2D eigenvalue weighted by Crippen LogP contribution is -2.46. The Bertz CT molecular complexity index is 1110. The van der Waals surface area contributed by atoms with Gasteiger partial charge < -0.3 is 18.9 Å². The van der Waals surface area contributed by atoms with Gasteiger partial charge in [0.15, 0.2) is 11.5 Å². The zero-order chi connectivity index (χ0) is 24.3. The van der Waals surface area contributed by atoms with E-state index < -0.39 is 18.4 Å². The van der Waals surface area contributed by atoms with Crippen molar-refractivity contribution in [3.8, 4) is 22.9 Å². The number of ether oxygens (including phenoxy) is 2. The van der Waals surface area contributed by atoms with Gasteiger partial charge >= 0.3 is 12.8 Å². The van der Waals surface area contributed by atoms with Gasteiger partial charge in [0.25, 0.3) is 0 Å². The number of hydrogen-bond acceptors (Lipinski definition) is 7. The summed E-state index contributed by atoms with van der Waals surface area (Å²) in [4.78, 5) is 8.31. The Labute approximate surface area is 191 Å². The summed E-state index contributed by atoms with van der Waals surface area (Å²) in [6.45, 7) is -0.322. The first-order valence-corrected chi connectivity index (χ1v) is 10.3. The Morgan fingerprint density at radius 2 is 1.79 bits per heavy atom. The molecule has 1 aliphatic heterocycles. The SMILES string of the molecule is COc1cc(-c2noc(CN3CCN(c4cccc(C(F)(F)F)c4)CC3)n2)ccc1OC(F)F. The normalized spacial score (nSPS) is 15.1. The maximum atomic E-state index is 13.0.